The molecule has 1 aliphatic rings. The molecule has 3 nitrogen and oxygen atoms in total. The Morgan fingerprint density at radius 3 is 3.12 bits per heavy atom. The highest BCUT2D eigenvalue weighted by Gasteiger charge is 2.26. The minimum absolute atomic E-state index is 0.566. The standard InChI is InChI=1S/C13H16BrN3/c1-2-16-7-6-10(9-16)13-15-8-11-4-3-5-12(14)17(11)13/h3-5,8,10H,2,6-7,9H2,1H3. The summed E-state index contributed by atoms with van der Waals surface area (Å²) in [5.41, 5.74) is 1.17. The van der Waals surface area contributed by atoms with Crippen LogP contribution in [0.15, 0.2) is 29.0 Å². The Morgan fingerprint density at radius 1 is 1.47 bits per heavy atom. The van der Waals surface area contributed by atoms with Gasteiger partial charge in [0.05, 0.1) is 16.3 Å². The zero-order valence-electron chi connectivity index (χ0n) is 9.93. The van der Waals surface area contributed by atoms with Gasteiger partial charge in [-0.3, -0.25) is 4.40 Å². The van der Waals surface area contributed by atoms with Crippen LogP contribution in [-0.4, -0.2) is 33.9 Å². The summed E-state index contributed by atoms with van der Waals surface area (Å²) in [6.07, 6.45) is 3.18. The first-order chi connectivity index (χ1) is 8.29. The summed E-state index contributed by atoms with van der Waals surface area (Å²) in [5.74, 6) is 1.76. The van der Waals surface area contributed by atoms with Gasteiger partial charge >= 0.3 is 0 Å². The molecular formula is C13H16BrN3. The highest BCUT2D eigenvalue weighted by atomic mass is 79.9. The monoisotopic (exact) mass is 293 g/mol. The van der Waals surface area contributed by atoms with Gasteiger partial charge in [-0.2, -0.15) is 0 Å². The van der Waals surface area contributed by atoms with E-state index in [2.05, 4.69) is 55.3 Å². The molecule has 1 unspecified atom stereocenters. The van der Waals surface area contributed by atoms with E-state index in [1.165, 1.54) is 24.3 Å². The number of rotatable bonds is 2. The molecule has 3 rings (SSSR count). The Bertz CT molecular complexity index is 534. The minimum Gasteiger partial charge on any atom is -0.303 e. The largest absolute Gasteiger partial charge is 0.303 e. The zero-order valence-corrected chi connectivity index (χ0v) is 11.5. The van der Waals surface area contributed by atoms with Gasteiger partial charge in [-0.15, -0.1) is 0 Å². The predicted octanol–water partition coefficient (Wildman–Crippen LogP) is 2.91. The fraction of sp³-hybridized carbons (Fsp3) is 0.462. The molecule has 17 heavy (non-hydrogen) atoms. The van der Waals surface area contributed by atoms with Crippen LogP contribution in [0.3, 0.4) is 0 Å². The molecule has 1 saturated heterocycles. The first-order valence-electron chi connectivity index (χ1n) is 6.14. The van der Waals surface area contributed by atoms with E-state index in [1.54, 1.807) is 0 Å². The van der Waals surface area contributed by atoms with Crippen LogP contribution in [0.5, 0.6) is 0 Å². The maximum Gasteiger partial charge on any atom is 0.118 e. The number of imidazole rings is 1. The molecule has 1 atom stereocenters. The van der Waals surface area contributed by atoms with Crippen LogP contribution in [0.4, 0.5) is 0 Å². The molecule has 0 aliphatic carbocycles. The van der Waals surface area contributed by atoms with Gasteiger partial charge in [-0.25, -0.2) is 4.98 Å². The number of likely N-dealkylation sites (N-methyl/N-ethyl adjacent to an activating group) is 1. The Morgan fingerprint density at radius 2 is 2.35 bits per heavy atom. The van der Waals surface area contributed by atoms with Crippen molar-refractivity contribution >= 4 is 21.4 Å². The van der Waals surface area contributed by atoms with E-state index in [-0.39, 0.29) is 0 Å². The third-order valence-electron chi connectivity index (χ3n) is 3.62. The van der Waals surface area contributed by atoms with Crippen molar-refractivity contribution in [1.29, 1.82) is 0 Å². The molecule has 3 heterocycles. The van der Waals surface area contributed by atoms with Crippen LogP contribution < -0.4 is 0 Å². The van der Waals surface area contributed by atoms with Gasteiger partial charge in [-0.05, 0) is 47.6 Å². The molecule has 4 heteroatoms. The van der Waals surface area contributed by atoms with E-state index in [0.29, 0.717) is 5.92 Å². The predicted molar refractivity (Wildman–Crippen MR) is 72.4 cm³/mol. The van der Waals surface area contributed by atoms with Crippen LogP contribution in [0, 0.1) is 0 Å². The maximum atomic E-state index is 4.61. The van der Waals surface area contributed by atoms with Crippen molar-refractivity contribution in [1.82, 2.24) is 14.3 Å². The lowest BCUT2D eigenvalue weighted by Crippen LogP contribution is -2.19. The van der Waals surface area contributed by atoms with E-state index in [1.807, 2.05) is 6.20 Å². The second-order valence-electron chi connectivity index (χ2n) is 4.60. The fourth-order valence-electron chi connectivity index (χ4n) is 2.65. The number of hydrogen-bond donors (Lipinski definition) is 0. The summed E-state index contributed by atoms with van der Waals surface area (Å²) in [7, 11) is 0. The average molecular weight is 294 g/mol. The summed E-state index contributed by atoms with van der Waals surface area (Å²) in [4.78, 5) is 7.10. The van der Waals surface area contributed by atoms with Crippen LogP contribution >= 0.6 is 15.9 Å². The number of aromatic nitrogens is 2. The second-order valence-corrected chi connectivity index (χ2v) is 5.42. The van der Waals surface area contributed by atoms with E-state index in [9.17, 15) is 0 Å². The molecule has 2 aromatic rings. The van der Waals surface area contributed by atoms with Crippen molar-refractivity contribution in [3.63, 3.8) is 0 Å². The molecule has 0 amide bonds. The smallest absolute Gasteiger partial charge is 0.118 e. The topological polar surface area (TPSA) is 20.5 Å². The first-order valence-corrected chi connectivity index (χ1v) is 6.93. The third kappa shape index (κ3) is 1.89. The number of likely N-dealkylation sites (tertiary alicyclic amines) is 1. The lowest BCUT2D eigenvalue weighted by atomic mass is 10.1. The van der Waals surface area contributed by atoms with Crippen molar-refractivity contribution < 1.29 is 0 Å². The summed E-state index contributed by atoms with van der Waals surface area (Å²) in [6.45, 7) is 5.69. The molecule has 0 radical (unpaired) electrons. The molecule has 1 fully saturated rings. The van der Waals surface area contributed by atoms with Crippen LogP contribution in [0.25, 0.3) is 5.52 Å². The number of fused-ring (bicyclic) bond motifs is 1. The lowest BCUT2D eigenvalue weighted by Gasteiger charge is -2.13. The first kappa shape index (κ1) is 11.2. The molecule has 0 saturated carbocycles. The zero-order chi connectivity index (χ0) is 11.8. The van der Waals surface area contributed by atoms with E-state index >= 15 is 0 Å². The Labute approximate surface area is 110 Å². The van der Waals surface area contributed by atoms with Crippen molar-refractivity contribution in [3.05, 3.63) is 34.8 Å². The quantitative estimate of drug-likeness (QED) is 0.794. The fourth-order valence-corrected chi connectivity index (χ4v) is 3.19. The van der Waals surface area contributed by atoms with Crippen LogP contribution in [-0.2, 0) is 0 Å². The van der Waals surface area contributed by atoms with Crippen molar-refractivity contribution in [2.24, 2.45) is 0 Å². The molecule has 0 bridgehead atoms. The Balaban J connectivity index is 2.01. The highest BCUT2D eigenvalue weighted by molar-refractivity contribution is 9.10. The molecule has 1 aliphatic heterocycles. The van der Waals surface area contributed by atoms with Crippen molar-refractivity contribution in [2.75, 3.05) is 19.6 Å². The van der Waals surface area contributed by atoms with Gasteiger partial charge < -0.3 is 4.90 Å². The van der Waals surface area contributed by atoms with Crippen LogP contribution in [0.2, 0.25) is 0 Å². The molecular weight excluding hydrogens is 278 g/mol. The van der Waals surface area contributed by atoms with Gasteiger partial charge in [0.25, 0.3) is 0 Å². The summed E-state index contributed by atoms with van der Waals surface area (Å²) >= 11 is 3.62. The van der Waals surface area contributed by atoms with Crippen molar-refractivity contribution in [3.8, 4) is 0 Å². The van der Waals surface area contributed by atoms with Gasteiger partial charge in [0, 0.05) is 12.5 Å². The number of pyridine rings is 1. The molecule has 0 aromatic carbocycles. The van der Waals surface area contributed by atoms with Gasteiger partial charge in [0.15, 0.2) is 0 Å². The highest BCUT2D eigenvalue weighted by Crippen LogP contribution is 2.28. The molecule has 90 valence electrons. The molecule has 0 spiro atoms. The van der Waals surface area contributed by atoms with Crippen molar-refractivity contribution in [2.45, 2.75) is 19.3 Å². The Hall–Kier alpha value is -0.870. The lowest BCUT2D eigenvalue weighted by molar-refractivity contribution is 0.352. The molecule has 2 aromatic heterocycles. The number of halogens is 1. The average Bonchev–Trinajstić information content (AvgIpc) is 2.94. The number of nitrogens with zero attached hydrogens (tertiary/aromatic N) is 3. The maximum absolute atomic E-state index is 4.61. The van der Waals surface area contributed by atoms with Gasteiger partial charge in [0.1, 0.15) is 5.82 Å². The van der Waals surface area contributed by atoms with E-state index in [4.69, 9.17) is 0 Å². The SMILES string of the molecule is CCN1CCC(c2ncc3cccc(Br)n23)C1. The summed E-state index contributed by atoms with van der Waals surface area (Å²) in [6, 6.07) is 6.23. The van der Waals surface area contributed by atoms with E-state index < -0.39 is 0 Å². The van der Waals surface area contributed by atoms with Gasteiger partial charge in [0.2, 0.25) is 0 Å². The third-order valence-corrected chi connectivity index (χ3v) is 4.23. The summed E-state index contributed by atoms with van der Waals surface area (Å²) < 4.78 is 3.32. The number of hydrogen-bond acceptors (Lipinski definition) is 2. The summed E-state index contributed by atoms with van der Waals surface area (Å²) in [5, 5.41) is 0. The van der Waals surface area contributed by atoms with Crippen LogP contribution in [0.1, 0.15) is 25.1 Å². The second kappa shape index (κ2) is 4.42. The van der Waals surface area contributed by atoms with E-state index in [0.717, 1.165) is 17.7 Å². The Kier molecular flexibility index (Phi) is 2.92. The van der Waals surface area contributed by atoms with Gasteiger partial charge in [-0.1, -0.05) is 13.0 Å². The molecule has 0 N–H and O–H groups in total. The normalized spacial score (nSPS) is 21.4. The minimum atomic E-state index is 0.566.